The van der Waals surface area contributed by atoms with Crippen LogP contribution in [0, 0.1) is 6.92 Å². The van der Waals surface area contributed by atoms with Crippen molar-refractivity contribution in [1.82, 2.24) is 9.29 Å². The lowest BCUT2D eigenvalue weighted by atomic mass is 10.1. The molecule has 2 heterocycles. The highest BCUT2D eigenvalue weighted by molar-refractivity contribution is 7.89. The van der Waals surface area contributed by atoms with Gasteiger partial charge in [0.05, 0.1) is 26.2 Å². The minimum absolute atomic E-state index is 0.0719. The van der Waals surface area contributed by atoms with E-state index in [1.165, 1.54) is 22.5 Å². The number of aromatic nitrogens is 1. The Labute approximate surface area is 197 Å². The third kappa shape index (κ3) is 4.08. The summed E-state index contributed by atoms with van der Waals surface area (Å²) in [5.74, 6) is -0.303. The molecule has 0 atom stereocenters. The van der Waals surface area contributed by atoms with E-state index in [2.05, 4.69) is 11.1 Å². The number of rotatable bonds is 6. The van der Waals surface area contributed by atoms with Gasteiger partial charge in [0, 0.05) is 36.3 Å². The Morgan fingerprint density at radius 3 is 2.59 bits per heavy atom. The summed E-state index contributed by atoms with van der Waals surface area (Å²) in [5, 5.41) is 3.26. The van der Waals surface area contributed by atoms with Crippen LogP contribution in [-0.2, 0) is 16.4 Å². The number of carbonyl (C=O) groups excluding carboxylic acids is 1. The predicted octanol–water partition coefficient (Wildman–Crippen LogP) is 5.01. The number of benzene rings is 2. The maximum atomic E-state index is 13.4. The van der Waals surface area contributed by atoms with Crippen LogP contribution in [0.15, 0.2) is 46.7 Å². The molecular formula is C23H24ClN3O3S2. The lowest BCUT2D eigenvalue weighted by Crippen LogP contribution is -2.32. The molecule has 3 aromatic rings. The fraction of sp³-hybridized carbons (Fsp3) is 0.304. The molecule has 2 aromatic carbocycles. The van der Waals surface area contributed by atoms with Gasteiger partial charge in [0.1, 0.15) is 0 Å². The molecule has 1 aliphatic rings. The highest BCUT2D eigenvalue weighted by atomic mass is 35.5. The van der Waals surface area contributed by atoms with Crippen LogP contribution in [0.2, 0.25) is 5.02 Å². The van der Waals surface area contributed by atoms with E-state index in [1.54, 1.807) is 30.1 Å². The van der Waals surface area contributed by atoms with E-state index in [9.17, 15) is 13.2 Å². The van der Waals surface area contributed by atoms with Gasteiger partial charge in [-0.3, -0.25) is 4.79 Å². The van der Waals surface area contributed by atoms with Crippen LogP contribution < -0.4 is 4.90 Å². The van der Waals surface area contributed by atoms with E-state index >= 15 is 0 Å². The second kappa shape index (κ2) is 8.94. The first-order valence-electron chi connectivity index (χ1n) is 10.4. The van der Waals surface area contributed by atoms with Crippen molar-refractivity contribution >= 4 is 44.6 Å². The van der Waals surface area contributed by atoms with E-state index in [-0.39, 0.29) is 21.4 Å². The summed E-state index contributed by atoms with van der Waals surface area (Å²) in [7, 11) is -3.69. The van der Waals surface area contributed by atoms with Gasteiger partial charge in [-0.2, -0.15) is 4.31 Å². The van der Waals surface area contributed by atoms with Gasteiger partial charge < -0.3 is 4.90 Å². The van der Waals surface area contributed by atoms with Crippen molar-refractivity contribution < 1.29 is 13.2 Å². The van der Waals surface area contributed by atoms with Gasteiger partial charge in [-0.15, -0.1) is 11.3 Å². The molecule has 0 saturated carbocycles. The minimum atomic E-state index is -3.69. The van der Waals surface area contributed by atoms with Gasteiger partial charge in [0.15, 0.2) is 0 Å². The van der Waals surface area contributed by atoms with Crippen molar-refractivity contribution in [2.75, 3.05) is 24.5 Å². The molecule has 32 heavy (non-hydrogen) atoms. The van der Waals surface area contributed by atoms with Gasteiger partial charge in [-0.05, 0) is 49.2 Å². The molecule has 0 N–H and O–H groups in total. The van der Waals surface area contributed by atoms with Gasteiger partial charge in [-0.25, -0.2) is 13.4 Å². The maximum Gasteiger partial charge on any atom is 0.259 e. The van der Waals surface area contributed by atoms with Gasteiger partial charge in [-0.1, -0.05) is 31.5 Å². The summed E-state index contributed by atoms with van der Waals surface area (Å²) in [6.07, 6.45) is 0.715. The topological polar surface area (TPSA) is 70.6 Å². The molecule has 0 saturated heterocycles. The number of hydrogen-bond donors (Lipinski definition) is 0. The zero-order chi connectivity index (χ0) is 23.0. The maximum absolute atomic E-state index is 13.4. The van der Waals surface area contributed by atoms with Crippen LogP contribution in [0.4, 0.5) is 5.69 Å². The molecular weight excluding hydrogens is 466 g/mol. The standard InChI is InChI=1S/C23H24ClN3O3S2/c1-4-26(5-2)32(29,30)18-7-8-20(24)19(13-18)23(28)27-11-10-17-12-16(6-9-22(17)27)21-14-31-15(3)25-21/h6-9,12-14H,4-5,10-11H2,1-3H3. The molecule has 168 valence electrons. The molecule has 6 nitrogen and oxygen atoms in total. The molecule has 0 unspecified atom stereocenters. The van der Waals surface area contributed by atoms with Crippen LogP contribution in [0.5, 0.6) is 0 Å². The monoisotopic (exact) mass is 489 g/mol. The van der Waals surface area contributed by atoms with Crippen LogP contribution in [-0.4, -0.2) is 43.2 Å². The largest absolute Gasteiger partial charge is 0.308 e. The van der Waals surface area contributed by atoms with E-state index in [0.717, 1.165) is 27.5 Å². The summed E-state index contributed by atoms with van der Waals surface area (Å²) in [6, 6.07) is 10.3. The molecule has 4 rings (SSSR count). The quantitative estimate of drug-likeness (QED) is 0.488. The Morgan fingerprint density at radius 1 is 1.19 bits per heavy atom. The Bertz CT molecular complexity index is 1280. The SMILES string of the molecule is CCN(CC)S(=O)(=O)c1ccc(Cl)c(C(=O)N2CCc3cc(-c4csc(C)n4)ccc32)c1. The second-order valence-corrected chi connectivity index (χ2v) is 10.9. The van der Waals surface area contributed by atoms with Crippen LogP contribution in [0.25, 0.3) is 11.3 Å². The highest BCUT2D eigenvalue weighted by Crippen LogP contribution is 2.35. The number of nitrogens with zero attached hydrogens (tertiary/aromatic N) is 3. The zero-order valence-electron chi connectivity index (χ0n) is 18.1. The minimum Gasteiger partial charge on any atom is -0.308 e. The van der Waals surface area contributed by atoms with Crippen LogP contribution in [0.3, 0.4) is 0 Å². The van der Waals surface area contributed by atoms with E-state index in [0.29, 0.717) is 26.1 Å². The first-order valence-corrected chi connectivity index (χ1v) is 13.1. The van der Waals surface area contributed by atoms with Crippen molar-refractivity contribution in [3.8, 4) is 11.3 Å². The molecule has 1 amide bonds. The fourth-order valence-electron chi connectivity index (χ4n) is 3.95. The van der Waals surface area contributed by atoms with Gasteiger partial charge >= 0.3 is 0 Å². The first-order chi connectivity index (χ1) is 15.3. The summed E-state index contributed by atoms with van der Waals surface area (Å²) < 4.78 is 27.2. The molecule has 0 fully saturated rings. The first kappa shape index (κ1) is 22.9. The van der Waals surface area contributed by atoms with E-state index < -0.39 is 10.0 Å². The number of hydrogen-bond acceptors (Lipinski definition) is 5. The van der Waals surface area contributed by atoms with Crippen molar-refractivity contribution in [3.63, 3.8) is 0 Å². The molecule has 0 aliphatic carbocycles. The third-order valence-electron chi connectivity index (χ3n) is 5.65. The Kier molecular flexibility index (Phi) is 6.40. The summed E-state index contributed by atoms with van der Waals surface area (Å²) in [4.78, 5) is 19.7. The Morgan fingerprint density at radius 2 is 1.94 bits per heavy atom. The summed E-state index contributed by atoms with van der Waals surface area (Å²) in [5.41, 5.74) is 4.01. The van der Waals surface area contributed by atoms with Crippen molar-refractivity contribution in [1.29, 1.82) is 0 Å². The smallest absolute Gasteiger partial charge is 0.259 e. The lowest BCUT2D eigenvalue weighted by Gasteiger charge is -2.21. The summed E-state index contributed by atoms with van der Waals surface area (Å²) >= 11 is 7.94. The van der Waals surface area contributed by atoms with Crippen molar-refractivity contribution in [2.45, 2.75) is 32.1 Å². The molecule has 1 aromatic heterocycles. The highest BCUT2D eigenvalue weighted by Gasteiger charge is 2.29. The molecule has 9 heteroatoms. The fourth-order valence-corrected chi connectivity index (χ4v) is 6.26. The second-order valence-electron chi connectivity index (χ2n) is 7.53. The number of thiazole rings is 1. The zero-order valence-corrected chi connectivity index (χ0v) is 20.5. The molecule has 0 radical (unpaired) electrons. The molecule has 0 bridgehead atoms. The van der Waals surface area contributed by atoms with Crippen LogP contribution >= 0.6 is 22.9 Å². The Balaban J connectivity index is 1.67. The Hall–Kier alpha value is -2.26. The number of fused-ring (bicyclic) bond motifs is 1. The number of amides is 1. The number of anilines is 1. The van der Waals surface area contributed by atoms with Gasteiger partial charge in [0.25, 0.3) is 5.91 Å². The average molecular weight is 490 g/mol. The summed E-state index contributed by atoms with van der Waals surface area (Å²) in [6.45, 7) is 6.75. The molecule has 1 aliphatic heterocycles. The predicted molar refractivity (Wildman–Crippen MR) is 129 cm³/mol. The lowest BCUT2D eigenvalue weighted by molar-refractivity contribution is 0.0989. The third-order valence-corrected chi connectivity index (χ3v) is 8.80. The average Bonchev–Trinajstić information content (AvgIpc) is 3.40. The van der Waals surface area contributed by atoms with Gasteiger partial charge in [0.2, 0.25) is 10.0 Å². The van der Waals surface area contributed by atoms with Crippen LogP contribution in [0.1, 0.15) is 34.8 Å². The molecule has 0 spiro atoms. The van der Waals surface area contributed by atoms with E-state index in [1.807, 2.05) is 24.4 Å². The number of sulfonamides is 1. The van der Waals surface area contributed by atoms with Crippen molar-refractivity contribution in [3.05, 3.63) is 62.9 Å². The number of halogens is 1. The normalized spacial score (nSPS) is 13.6. The number of aryl methyl sites for hydroxylation is 1. The van der Waals surface area contributed by atoms with Crippen molar-refractivity contribution in [2.24, 2.45) is 0 Å². The van der Waals surface area contributed by atoms with E-state index in [4.69, 9.17) is 11.6 Å². The number of carbonyl (C=O) groups is 1.